The molecule has 5 heteroatoms. The largest absolute Gasteiger partial charge is 0.349 e. The first-order valence-corrected chi connectivity index (χ1v) is 5.03. The Hall–Kier alpha value is -1.49. The van der Waals surface area contributed by atoms with E-state index in [2.05, 4.69) is 15.3 Å². The standard InChI is InChI=1S/C10H14N4O/c11-10(3-1-4-10)9(15)13-6-8-2-5-12-7-14-8/h2,5,7H,1,3-4,6,11H2,(H,13,15). The summed E-state index contributed by atoms with van der Waals surface area (Å²) < 4.78 is 0. The Balaban J connectivity index is 1.86. The fraction of sp³-hybridized carbons (Fsp3) is 0.500. The molecule has 1 aliphatic carbocycles. The zero-order chi connectivity index (χ0) is 10.7. The van der Waals surface area contributed by atoms with Gasteiger partial charge in [-0.2, -0.15) is 0 Å². The number of amides is 1. The van der Waals surface area contributed by atoms with E-state index >= 15 is 0 Å². The van der Waals surface area contributed by atoms with E-state index in [0.717, 1.165) is 25.0 Å². The molecular weight excluding hydrogens is 192 g/mol. The molecular formula is C10H14N4O. The zero-order valence-electron chi connectivity index (χ0n) is 8.44. The summed E-state index contributed by atoms with van der Waals surface area (Å²) in [6.45, 7) is 0.417. The van der Waals surface area contributed by atoms with Crippen molar-refractivity contribution in [3.63, 3.8) is 0 Å². The van der Waals surface area contributed by atoms with Gasteiger partial charge in [0, 0.05) is 6.20 Å². The van der Waals surface area contributed by atoms with E-state index in [4.69, 9.17) is 5.73 Å². The number of nitrogens with two attached hydrogens (primary N) is 1. The lowest BCUT2D eigenvalue weighted by molar-refractivity contribution is -0.129. The molecule has 0 unspecified atom stereocenters. The van der Waals surface area contributed by atoms with Crippen LogP contribution in [0, 0.1) is 0 Å². The molecule has 3 N–H and O–H groups in total. The van der Waals surface area contributed by atoms with Gasteiger partial charge in [0.05, 0.1) is 17.8 Å². The number of aromatic nitrogens is 2. The zero-order valence-corrected chi connectivity index (χ0v) is 8.44. The number of hydrogen-bond donors (Lipinski definition) is 2. The second kappa shape index (κ2) is 3.94. The van der Waals surface area contributed by atoms with Crippen LogP contribution in [0.4, 0.5) is 0 Å². The van der Waals surface area contributed by atoms with E-state index in [-0.39, 0.29) is 5.91 Å². The van der Waals surface area contributed by atoms with E-state index in [0.29, 0.717) is 6.54 Å². The molecule has 1 aromatic heterocycles. The molecule has 1 fully saturated rings. The Morgan fingerprint density at radius 2 is 2.40 bits per heavy atom. The van der Waals surface area contributed by atoms with Crippen LogP contribution in [0.25, 0.3) is 0 Å². The summed E-state index contributed by atoms with van der Waals surface area (Å²) in [7, 11) is 0. The SMILES string of the molecule is NC1(C(=O)NCc2ccncn2)CCC1. The van der Waals surface area contributed by atoms with Gasteiger partial charge in [-0.1, -0.05) is 0 Å². The molecule has 5 nitrogen and oxygen atoms in total. The maximum atomic E-state index is 11.6. The molecule has 2 rings (SSSR count). The first-order valence-electron chi connectivity index (χ1n) is 5.03. The van der Waals surface area contributed by atoms with E-state index in [1.165, 1.54) is 6.33 Å². The van der Waals surface area contributed by atoms with Crippen LogP contribution in [0.3, 0.4) is 0 Å². The van der Waals surface area contributed by atoms with E-state index in [1.807, 2.05) is 0 Å². The van der Waals surface area contributed by atoms with E-state index in [1.54, 1.807) is 12.3 Å². The lowest BCUT2D eigenvalue weighted by Crippen LogP contribution is -2.58. The van der Waals surface area contributed by atoms with Crippen molar-refractivity contribution in [2.75, 3.05) is 0 Å². The molecule has 0 radical (unpaired) electrons. The van der Waals surface area contributed by atoms with Crippen LogP contribution in [0.15, 0.2) is 18.6 Å². The van der Waals surface area contributed by atoms with Gasteiger partial charge in [-0.15, -0.1) is 0 Å². The highest BCUT2D eigenvalue weighted by atomic mass is 16.2. The molecule has 1 heterocycles. The maximum Gasteiger partial charge on any atom is 0.240 e. The number of carbonyl (C=O) groups excluding carboxylic acids is 1. The first-order chi connectivity index (χ1) is 7.21. The number of carbonyl (C=O) groups is 1. The molecule has 0 saturated heterocycles. The fourth-order valence-electron chi connectivity index (χ4n) is 1.55. The van der Waals surface area contributed by atoms with Crippen molar-refractivity contribution < 1.29 is 4.79 Å². The Labute approximate surface area is 88.1 Å². The fourth-order valence-corrected chi connectivity index (χ4v) is 1.55. The molecule has 1 aliphatic rings. The summed E-state index contributed by atoms with van der Waals surface area (Å²) in [5.74, 6) is -0.0765. The van der Waals surface area contributed by atoms with Crippen LogP contribution in [0.1, 0.15) is 25.0 Å². The minimum Gasteiger partial charge on any atom is -0.349 e. The Kier molecular flexibility index (Phi) is 2.64. The predicted octanol–water partition coefficient (Wildman–Crippen LogP) is -0.0258. The smallest absolute Gasteiger partial charge is 0.240 e. The lowest BCUT2D eigenvalue weighted by atomic mass is 9.77. The van der Waals surface area contributed by atoms with Crippen LogP contribution in [0.2, 0.25) is 0 Å². The molecule has 0 aliphatic heterocycles. The quantitative estimate of drug-likeness (QED) is 0.728. The first kappa shape index (κ1) is 10.0. The van der Waals surface area contributed by atoms with Crippen LogP contribution in [0.5, 0.6) is 0 Å². The summed E-state index contributed by atoms with van der Waals surface area (Å²) in [6.07, 6.45) is 5.71. The van der Waals surface area contributed by atoms with Gasteiger partial charge in [0.25, 0.3) is 0 Å². The number of rotatable bonds is 3. The molecule has 15 heavy (non-hydrogen) atoms. The van der Waals surface area contributed by atoms with Crippen molar-refractivity contribution >= 4 is 5.91 Å². The molecule has 1 aromatic rings. The molecule has 80 valence electrons. The highest BCUT2D eigenvalue weighted by Gasteiger charge is 2.39. The number of hydrogen-bond acceptors (Lipinski definition) is 4. The Morgan fingerprint density at radius 3 is 2.93 bits per heavy atom. The minimum atomic E-state index is -0.632. The van der Waals surface area contributed by atoms with Crippen molar-refractivity contribution in [2.24, 2.45) is 5.73 Å². The second-order valence-electron chi connectivity index (χ2n) is 3.89. The highest BCUT2D eigenvalue weighted by Crippen LogP contribution is 2.28. The molecule has 0 spiro atoms. The van der Waals surface area contributed by atoms with E-state index in [9.17, 15) is 4.79 Å². The van der Waals surface area contributed by atoms with Crippen LogP contribution < -0.4 is 11.1 Å². The number of nitrogens with zero attached hydrogens (tertiary/aromatic N) is 2. The third-order valence-electron chi connectivity index (χ3n) is 2.77. The average molecular weight is 206 g/mol. The van der Waals surface area contributed by atoms with Crippen molar-refractivity contribution in [2.45, 2.75) is 31.3 Å². The van der Waals surface area contributed by atoms with Gasteiger partial charge in [0.2, 0.25) is 5.91 Å². The van der Waals surface area contributed by atoms with Gasteiger partial charge in [0.15, 0.2) is 0 Å². The normalized spacial score (nSPS) is 17.9. The highest BCUT2D eigenvalue weighted by molar-refractivity contribution is 5.86. The topological polar surface area (TPSA) is 80.9 Å². The Morgan fingerprint density at radius 1 is 1.60 bits per heavy atom. The van der Waals surface area contributed by atoms with Crippen LogP contribution in [-0.2, 0) is 11.3 Å². The van der Waals surface area contributed by atoms with Crippen molar-refractivity contribution in [3.8, 4) is 0 Å². The van der Waals surface area contributed by atoms with Gasteiger partial charge < -0.3 is 11.1 Å². The predicted molar refractivity (Wildman–Crippen MR) is 54.6 cm³/mol. The third kappa shape index (κ3) is 2.12. The Bertz CT molecular complexity index is 348. The van der Waals surface area contributed by atoms with E-state index < -0.39 is 5.54 Å². The van der Waals surface area contributed by atoms with Gasteiger partial charge in [0.1, 0.15) is 6.33 Å². The van der Waals surface area contributed by atoms with Crippen LogP contribution >= 0.6 is 0 Å². The van der Waals surface area contributed by atoms with Gasteiger partial charge >= 0.3 is 0 Å². The monoisotopic (exact) mass is 206 g/mol. The van der Waals surface area contributed by atoms with Crippen molar-refractivity contribution in [1.29, 1.82) is 0 Å². The van der Waals surface area contributed by atoms with Gasteiger partial charge in [-0.25, -0.2) is 9.97 Å². The minimum absolute atomic E-state index is 0.0765. The van der Waals surface area contributed by atoms with Gasteiger partial charge in [-0.05, 0) is 25.3 Å². The van der Waals surface area contributed by atoms with Crippen molar-refractivity contribution in [3.05, 3.63) is 24.3 Å². The third-order valence-corrected chi connectivity index (χ3v) is 2.77. The number of nitrogens with one attached hydrogen (secondary N) is 1. The van der Waals surface area contributed by atoms with Crippen molar-refractivity contribution in [1.82, 2.24) is 15.3 Å². The van der Waals surface area contributed by atoms with Gasteiger partial charge in [-0.3, -0.25) is 4.79 Å². The lowest BCUT2D eigenvalue weighted by Gasteiger charge is -2.36. The molecule has 1 amide bonds. The second-order valence-corrected chi connectivity index (χ2v) is 3.89. The maximum absolute atomic E-state index is 11.6. The summed E-state index contributed by atoms with van der Waals surface area (Å²) in [5, 5.41) is 2.79. The molecule has 0 bridgehead atoms. The molecule has 0 aromatic carbocycles. The average Bonchev–Trinajstić information content (AvgIpc) is 2.24. The molecule has 1 saturated carbocycles. The summed E-state index contributed by atoms with van der Waals surface area (Å²) >= 11 is 0. The summed E-state index contributed by atoms with van der Waals surface area (Å²) in [4.78, 5) is 19.5. The summed E-state index contributed by atoms with van der Waals surface area (Å²) in [5.41, 5.74) is 6.03. The summed E-state index contributed by atoms with van der Waals surface area (Å²) in [6, 6.07) is 1.77. The molecule has 0 atom stereocenters. The van der Waals surface area contributed by atoms with Crippen LogP contribution in [-0.4, -0.2) is 21.4 Å².